The number of amides is 2. The van der Waals surface area contributed by atoms with E-state index < -0.39 is 35.0 Å². The summed E-state index contributed by atoms with van der Waals surface area (Å²) in [4.78, 5) is 41.9. The highest BCUT2D eigenvalue weighted by Crippen LogP contribution is 2.25. The van der Waals surface area contributed by atoms with Gasteiger partial charge in [0.1, 0.15) is 0 Å². The summed E-state index contributed by atoms with van der Waals surface area (Å²) in [6, 6.07) is 1.28. The Morgan fingerprint density at radius 1 is 1.03 bits per heavy atom. The number of aryl methyl sites for hydroxylation is 1. The average Bonchev–Trinajstić information content (AvgIpc) is 3.19. The Kier molecular flexibility index (Phi) is 5.98. The van der Waals surface area contributed by atoms with E-state index in [1.165, 1.54) is 18.5 Å². The smallest absolute Gasteiger partial charge is 0.300 e. The van der Waals surface area contributed by atoms with Crippen molar-refractivity contribution in [3.63, 3.8) is 0 Å². The second-order valence-electron chi connectivity index (χ2n) is 6.78. The van der Waals surface area contributed by atoms with Gasteiger partial charge < -0.3 is 9.88 Å². The summed E-state index contributed by atoms with van der Waals surface area (Å²) >= 11 is 1.16. The lowest BCUT2D eigenvalue weighted by Crippen LogP contribution is -2.25. The lowest BCUT2D eigenvalue weighted by atomic mass is 10.1. The molecule has 0 spiro atoms. The number of nitrogens with one attached hydrogen (secondary N) is 2. The number of hydrogen-bond donors (Lipinski definition) is 2. The number of benzene rings is 1. The van der Waals surface area contributed by atoms with Crippen LogP contribution >= 0.6 is 11.3 Å². The van der Waals surface area contributed by atoms with Crippen LogP contribution in [0.2, 0.25) is 0 Å². The normalized spacial score (nSPS) is 10.8. The summed E-state index contributed by atoms with van der Waals surface area (Å²) in [5, 5.41) is 6.67. The second-order valence-corrected chi connectivity index (χ2v) is 7.64. The number of carbonyl (C=O) groups is 3. The van der Waals surface area contributed by atoms with Gasteiger partial charge in [0.15, 0.2) is 22.6 Å². The quantitative estimate of drug-likeness (QED) is 0.350. The molecule has 2 amide bonds. The average molecular weight is 450 g/mol. The standard InChI is InChI=1S/C20H17F3N4O3S/c1-8-7-31-20(24-8)26-19(30)17(28)16-9(2)14(10(3)27(16)4)18(29)25-11-5-12(21)15(23)13(22)6-11/h5-7H,1-4H3,(H,25,29)(H,24,26,30). The van der Waals surface area contributed by atoms with Gasteiger partial charge in [0.05, 0.1) is 17.0 Å². The number of thiazole rings is 1. The van der Waals surface area contributed by atoms with Crippen molar-refractivity contribution in [2.24, 2.45) is 7.05 Å². The fourth-order valence-electron chi connectivity index (χ4n) is 3.13. The van der Waals surface area contributed by atoms with Gasteiger partial charge in [-0.3, -0.25) is 19.7 Å². The number of rotatable bonds is 5. The molecule has 0 bridgehead atoms. The maximum atomic E-state index is 13.4. The molecule has 31 heavy (non-hydrogen) atoms. The van der Waals surface area contributed by atoms with Crippen molar-refractivity contribution in [3.8, 4) is 0 Å². The fraction of sp³-hybridized carbons (Fsp3) is 0.200. The van der Waals surface area contributed by atoms with E-state index in [-0.39, 0.29) is 27.6 Å². The maximum absolute atomic E-state index is 13.4. The minimum atomic E-state index is -1.65. The summed E-state index contributed by atoms with van der Waals surface area (Å²) < 4.78 is 41.4. The molecule has 162 valence electrons. The molecule has 0 fully saturated rings. The molecule has 0 aliphatic carbocycles. The van der Waals surface area contributed by atoms with Crippen molar-refractivity contribution < 1.29 is 27.6 Å². The van der Waals surface area contributed by atoms with Crippen LogP contribution in [-0.4, -0.2) is 27.1 Å². The van der Waals surface area contributed by atoms with Crippen LogP contribution < -0.4 is 10.6 Å². The predicted octanol–water partition coefficient (Wildman–Crippen LogP) is 3.90. The first-order chi connectivity index (χ1) is 14.5. The van der Waals surface area contributed by atoms with E-state index in [1.807, 2.05) is 0 Å². The Balaban J connectivity index is 1.90. The second kappa shape index (κ2) is 8.34. The largest absolute Gasteiger partial charge is 0.344 e. The monoisotopic (exact) mass is 450 g/mol. The highest BCUT2D eigenvalue weighted by molar-refractivity contribution is 7.14. The van der Waals surface area contributed by atoms with Crippen LogP contribution in [0.1, 0.15) is 37.8 Å². The van der Waals surface area contributed by atoms with Gasteiger partial charge in [-0.1, -0.05) is 0 Å². The molecule has 0 saturated heterocycles. The molecule has 0 saturated carbocycles. The number of halogens is 3. The van der Waals surface area contributed by atoms with Gasteiger partial charge >= 0.3 is 0 Å². The van der Waals surface area contributed by atoms with Gasteiger partial charge in [-0.15, -0.1) is 11.3 Å². The van der Waals surface area contributed by atoms with Gasteiger partial charge in [-0.2, -0.15) is 0 Å². The molecule has 0 aliphatic rings. The van der Waals surface area contributed by atoms with Crippen molar-refractivity contribution >= 4 is 39.8 Å². The molecule has 0 aliphatic heterocycles. The summed E-state index contributed by atoms with van der Waals surface area (Å²) in [5.41, 5.74) is 0.967. The molecule has 1 aromatic carbocycles. The Morgan fingerprint density at radius 2 is 1.65 bits per heavy atom. The van der Waals surface area contributed by atoms with E-state index in [4.69, 9.17) is 0 Å². The van der Waals surface area contributed by atoms with E-state index in [0.29, 0.717) is 23.5 Å². The van der Waals surface area contributed by atoms with Gasteiger partial charge in [-0.05, 0) is 26.3 Å². The summed E-state index contributed by atoms with van der Waals surface area (Å²) in [7, 11) is 1.50. The van der Waals surface area contributed by atoms with Crippen molar-refractivity contribution in [2.75, 3.05) is 10.6 Å². The third-order valence-corrected chi connectivity index (χ3v) is 5.54. The summed E-state index contributed by atoms with van der Waals surface area (Å²) in [5.74, 6) is -7.14. The van der Waals surface area contributed by atoms with Crippen molar-refractivity contribution in [2.45, 2.75) is 20.8 Å². The number of carbonyl (C=O) groups excluding carboxylic acids is 3. The first kappa shape index (κ1) is 22.2. The minimum absolute atomic E-state index is 0.0232. The number of aromatic nitrogens is 2. The molecule has 11 heteroatoms. The Labute approximate surface area is 178 Å². The number of Topliss-reactive ketones (excluding diaryl/α,β-unsaturated/α-hetero) is 1. The van der Waals surface area contributed by atoms with Crippen LogP contribution in [0, 0.1) is 38.2 Å². The number of nitrogens with zero attached hydrogens (tertiary/aromatic N) is 2. The number of ketones is 1. The Bertz CT molecular complexity index is 1210. The Hall–Kier alpha value is -3.47. The highest BCUT2D eigenvalue weighted by Gasteiger charge is 2.29. The van der Waals surface area contributed by atoms with E-state index >= 15 is 0 Å². The fourth-order valence-corrected chi connectivity index (χ4v) is 3.81. The molecular weight excluding hydrogens is 433 g/mol. The first-order valence-electron chi connectivity index (χ1n) is 8.90. The van der Waals surface area contributed by atoms with Crippen molar-refractivity contribution in [3.05, 3.63) is 63.2 Å². The highest BCUT2D eigenvalue weighted by atomic mass is 32.1. The van der Waals surface area contributed by atoms with E-state index in [0.717, 1.165) is 11.3 Å². The van der Waals surface area contributed by atoms with E-state index in [2.05, 4.69) is 15.6 Å². The molecular formula is C20H17F3N4O3S. The minimum Gasteiger partial charge on any atom is -0.344 e. The summed E-state index contributed by atoms with van der Waals surface area (Å²) in [6.07, 6.45) is 0. The molecule has 2 aromatic heterocycles. The third-order valence-electron chi connectivity index (χ3n) is 4.66. The van der Waals surface area contributed by atoms with Gasteiger partial charge in [0.25, 0.3) is 17.6 Å². The molecule has 7 nitrogen and oxygen atoms in total. The predicted molar refractivity (Wildman–Crippen MR) is 109 cm³/mol. The van der Waals surface area contributed by atoms with Gasteiger partial charge in [0.2, 0.25) is 0 Å². The van der Waals surface area contributed by atoms with Gasteiger partial charge in [-0.25, -0.2) is 18.2 Å². The topological polar surface area (TPSA) is 93.1 Å². The summed E-state index contributed by atoms with van der Waals surface area (Å²) in [6.45, 7) is 4.76. The zero-order valence-electron chi connectivity index (χ0n) is 16.9. The van der Waals surface area contributed by atoms with Crippen LogP contribution in [-0.2, 0) is 11.8 Å². The van der Waals surface area contributed by atoms with Crippen LogP contribution in [0.15, 0.2) is 17.5 Å². The van der Waals surface area contributed by atoms with Crippen LogP contribution in [0.3, 0.4) is 0 Å². The SMILES string of the molecule is Cc1csc(NC(=O)C(=O)c2c(C)c(C(=O)Nc3cc(F)c(F)c(F)c3)c(C)n2C)n1. The number of hydrogen-bond acceptors (Lipinski definition) is 5. The molecule has 0 atom stereocenters. The van der Waals surface area contributed by atoms with Crippen LogP contribution in [0.25, 0.3) is 0 Å². The Morgan fingerprint density at radius 3 is 2.19 bits per heavy atom. The lowest BCUT2D eigenvalue weighted by Gasteiger charge is -2.07. The molecule has 2 heterocycles. The zero-order chi connectivity index (χ0) is 23.0. The van der Waals surface area contributed by atoms with E-state index in [9.17, 15) is 27.6 Å². The molecule has 3 rings (SSSR count). The number of anilines is 2. The first-order valence-corrected chi connectivity index (χ1v) is 9.78. The van der Waals surface area contributed by atoms with Crippen LogP contribution in [0.5, 0.6) is 0 Å². The maximum Gasteiger partial charge on any atom is 0.300 e. The molecule has 0 unspecified atom stereocenters. The van der Waals surface area contributed by atoms with Crippen molar-refractivity contribution in [1.29, 1.82) is 0 Å². The molecule has 0 radical (unpaired) electrons. The van der Waals surface area contributed by atoms with Crippen LogP contribution in [0.4, 0.5) is 24.0 Å². The lowest BCUT2D eigenvalue weighted by molar-refractivity contribution is -0.112. The third kappa shape index (κ3) is 4.22. The van der Waals surface area contributed by atoms with E-state index in [1.54, 1.807) is 19.2 Å². The van der Waals surface area contributed by atoms with Crippen molar-refractivity contribution in [1.82, 2.24) is 9.55 Å². The molecule has 3 aromatic rings. The molecule has 2 N–H and O–H groups in total. The van der Waals surface area contributed by atoms with Gasteiger partial charge in [0, 0.05) is 35.9 Å². The zero-order valence-corrected chi connectivity index (χ0v) is 17.7.